The zero-order chi connectivity index (χ0) is 22.5. The van der Waals surface area contributed by atoms with Gasteiger partial charge in [-0.25, -0.2) is 0 Å². The van der Waals surface area contributed by atoms with Crippen LogP contribution in [0.25, 0.3) is 0 Å². The van der Waals surface area contributed by atoms with Gasteiger partial charge in [-0.05, 0) is 52.8 Å². The number of hydrogen-bond donors (Lipinski definition) is 2. The van der Waals surface area contributed by atoms with Gasteiger partial charge in [0.2, 0.25) is 11.8 Å². The van der Waals surface area contributed by atoms with Gasteiger partial charge in [0.25, 0.3) is 0 Å². The highest BCUT2D eigenvalue weighted by molar-refractivity contribution is 6.30. The summed E-state index contributed by atoms with van der Waals surface area (Å²) >= 11 is 6.05. The summed E-state index contributed by atoms with van der Waals surface area (Å²) in [5.74, 6) is -0.135. The summed E-state index contributed by atoms with van der Waals surface area (Å²) in [5.41, 5.74) is 5.31. The Morgan fingerprint density at radius 3 is 2.28 bits per heavy atom. The molecule has 4 nitrogen and oxygen atoms in total. The second-order valence-corrected chi connectivity index (χ2v) is 8.71. The first-order valence-electron chi connectivity index (χ1n) is 11.0. The Kier molecular flexibility index (Phi) is 6.91. The summed E-state index contributed by atoms with van der Waals surface area (Å²) in [7, 11) is 0. The highest BCUT2D eigenvalue weighted by Crippen LogP contribution is 2.31. The summed E-state index contributed by atoms with van der Waals surface area (Å²) in [6.07, 6.45) is 2.23. The van der Waals surface area contributed by atoms with Crippen molar-refractivity contribution in [2.75, 3.05) is 0 Å². The van der Waals surface area contributed by atoms with Crippen LogP contribution in [0.2, 0.25) is 5.02 Å². The molecular formula is C27H27ClN2O2. The molecule has 0 aromatic heterocycles. The molecule has 1 aliphatic rings. The topological polar surface area (TPSA) is 58.2 Å². The zero-order valence-corrected chi connectivity index (χ0v) is 18.9. The maximum atomic E-state index is 12.8. The number of carbonyl (C=O) groups is 2. The Morgan fingerprint density at radius 1 is 0.844 bits per heavy atom. The van der Waals surface area contributed by atoms with E-state index in [0.29, 0.717) is 17.9 Å². The minimum Gasteiger partial charge on any atom is -0.350 e. The van der Waals surface area contributed by atoms with E-state index in [4.69, 9.17) is 11.6 Å². The molecule has 2 atom stereocenters. The maximum absolute atomic E-state index is 12.8. The molecule has 0 saturated heterocycles. The second-order valence-electron chi connectivity index (χ2n) is 8.28. The Hall–Kier alpha value is -3.11. The van der Waals surface area contributed by atoms with Crippen LogP contribution in [-0.4, -0.2) is 17.9 Å². The van der Waals surface area contributed by atoms with Gasteiger partial charge in [0.05, 0.1) is 24.9 Å². The molecular weight excluding hydrogens is 420 g/mol. The molecule has 0 saturated carbocycles. The highest BCUT2D eigenvalue weighted by atomic mass is 35.5. The molecule has 1 aliphatic carbocycles. The summed E-state index contributed by atoms with van der Waals surface area (Å²) in [5, 5.41) is 6.91. The van der Waals surface area contributed by atoms with Gasteiger partial charge in [-0.15, -0.1) is 0 Å². The number of benzene rings is 3. The Labute approximate surface area is 194 Å². The average molecular weight is 447 g/mol. The minimum absolute atomic E-state index is 0.0406. The Balaban J connectivity index is 1.44. The van der Waals surface area contributed by atoms with Gasteiger partial charge in [-0.2, -0.15) is 0 Å². The van der Waals surface area contributed by atoms with Crippen LogP contribution in [0.5, 0.6) is 0 Å². The molecule has 3 aromatic carbocycles. The first-order valence-corrected chi connectivity index (χ1v) is 11.4. The minimum atomic E-state index is -0.260. The van der Waals surface area contributed by atoms with Crippen molar-refractivity contribution < 1.29 is 9.59 Å². The van der Waals surface area contributed by atoms with Crippen molar-refractivity contribution in [2.45, 2.75) is 44.7 Å². The van der Waals surface area contributed by atoms with Crippen molar-refractivity contribution in [3.63, 3.8) is 0 Å². The standard InChI is InChI=1S/C27H27ClN2O2/c1-2-18-10-12-19(13-11-18)15-25(31)29-24-17-21-7-3-4-9-23(21)27(24)30-26(32)16-20-6-5-8-22(28)14-20/h3-14,24,27H,2,15-17H2,1H3,(H,29,31)(H,30,32)/t24-,27-/m1/s1. The van der Waals surface area contributed by atoms with Crippen molar-refractivity contribution in [1.82, 2.24) is 10.6 Å². The summed E-state index contributed by atoms with van der Waals surface area (Å²) in [4.78, 5) is 25.6. The predicted octanol–water partition coefficient (Wildman–Crippen LogP) is 4.59. The molecule has 0 spiro atoms. The third-order valence-electron chi connectivity index (χ3n) is 5.94. The quantitative estimate of drug-likeness (QED) is 0.557. The van der Waals surface area contributed by atoms with Gasteiger partial charge in [0.15, 0.2) is 0 Å². The molecule has 5 heteroatoms. The Bertz CT molecular complexity index is 1110. The van der Waals surface area contributed by atoms with E-state index >= 15 is 0 Å². The molecule has 0 aliphatic heterocycles. The number of aryl methyl sites for hydroxylation is 1. The molecule has 32 heavy (non-hydrogen) atoms. The lowest BCUT2D eigenvalue weighted by molar-refractivity contribution is -0.123. The van der Waals surface area contributed by atoms with E-state index in [1.807, 2.05) is 42.5 Å². The first-order chi connectivity index (χ1) is 15.5. The number of fused-ring (bicyclic) bond motifs is 1. The van der Waals surface area contributed by atoms with Gasteiger partial charge in [0.1, 0.15) is 0 Å². The zero-order valence-electron chi connectivity index (χ0n) is 18.1. The van der Waals surface area contributed by atoms with Gasteiger partial charge in [-0.1, -0.05) is 79.2 Å². The fourth-order valence-corrected chi connectivity index (χ4v) is 4.51. The number of halogens is 1. The molecule has 2 amide bonds. The maximum Gasteiger partial charge on any atom is 0.224 e. The normalized spacial score (nSPS) is 16.9. The van der Waals surface area contributed by atoms with Crippen molar-refractivity contribution in [2.24, 2.45) is 0 Å². The number of carbonyl (C=O) groups excluding carboxylic acids is 2. The number of hydrogen-bond acceptors (Lipinski definition) is 2. The number of nitrogens with one attached hydrogen (secondary N) is 2. The third kappa shape index (κ3) is 5.38. The van der Waals surface area contributed by atoms with Gasteiger partial charge in [-0.3, -0.25) is 9.59 Å². The van der Waals surface area contributed by atoms with Crippen molar-refractivity contribution in [3.8, 4) is 0 Å². The summed E-state index contributed by atoms with van der Waals surface area (Å²) in [6.45, 7) is 2.11. The molecule has 0 bridgehead atoms. The van der Waals surface area contributed by atoms with E-state index in [0.717, 1.165) is 28.7 Å². The van der Waals surface area contributed by atoms with Crippen molar-refractivity contribution in [3.05, 3.63) is 106 Å². The third-order valence-corrected chi connectivity index (χ3v) is 6.18. The van der Waals surface area contributed by atoms with Crippen molar-refractivity contribution in [1.29, 1.82) is 0 Å². The predicted molar refractivity (Wildman–Crippen MR) is 128 cm³/mol. The van der Waals surface area contributed by atoms with E-state index in [-0.39, 0.29) is 30.3 Å². The van der Waals surface area contributed by atoms with Crippen LogP contribution in [0.15, 0.2) is 72.8 Å². The van der Waals surface area contributed by atoms with Crippen LogP contribution in [-0.2, 0) is 35.3 Å². The van der Waals surface area contributed by atoms with Crippen LogP contribution in [0, 0.1) is 0 Å². The monoisotopic (exact) mass is 446 g/mol. The van der Waals surface area contributed by atoms with Gasteiger partial charge < -0.3 is 10.6 Å². The molecule has 2 N–H and O–H groups in total. The Morgan fingerprint density at radius 2 is 1.53 bits per heavy atom. The fourth-order valence-electron chi connectivity index (χ4n) is 4.30. The van der Waals surface area contributed by atoms with E-state index in [2.05, 4.69) is 35.8 Å². The van der Waals surface area contributed by atoms with E-state index < -0.39 is 0 Å². The summed E-state index contributed by atoms with van der Waals surface area (Å²) in [6, 6.07) is 23.0. The second kappa shape index (κ2) is 10.0. The molecule has 164 valence electrons. The van der Waals surface area contributed by atoms with E-state index in [1.165, 1.54) is 5.56 Å². The van der Waals surface area contributed by atoms with Crippen LogP contribution in [0.4, 0.5) is 0 Å². The molecule has 3 aromatic rings. The average Bonchev–Trinajstić information content (AvgIpc) is 3.11. The van der Waals surface area contributed by atoms with Crippen LogP contribution >= 0.6 is 11.6 Å². The summed E-state index contributed by atoms with van der Waals surface area (Å²) < 4.78 is 0. The van der Waals surface area contributed by atoms with E-state index in [1.54, 1.807) is 12.1 Å². The first kappa shape index (κ1) is 22.1. The molecule has 0 radical (unpaired) electrons. The smallest absolute Gasteiger partial charge is 0.224 e. The molecule has 0 unspecified atom stereocenters. The van der Waals surface area contributed by atoms with E-state index in [9.17, 15) is 9.59 Å². The number of rotatable bonds is 7. The van der Waals surface area contributed by atoms with Crippen LogP contribution in [0.3, 0.4) is 0 Å². The lowest BCUT2D eigenvalue weighted by atomic mass is 10.0. The lowest BCUT2D eigenvalue weighted by Crippen LogP contribution is -2.45. The highest BCUT2D eigenvalue weighted by Gasteiger charge is 2.34. The SMILES string of the molecule is CCc1ccc(CC(=O)N[C@@H]2Cc3ccccc3[C@H]2NC(=O)Cc2cccc(Cl)c2)cc1. The van der Waals surface area contributed by atoms with Crippen LogP contribution < -0.4 is 10.6 Å². The van der Waals surface area contributed by atoms with Gasteiger partial charge in [0, 0.05) is 5.02 Å². The van der Waals surface area contributed by atoms with Crippen LogP contribution in [0.1, 0.15) is 40.8 Å². The fraction of sp³-hybridized carbons (Fsp3) is 0.259. The number of amides is 2. The van der Waals surface area contributed by atoms with Crippen molar-refractivity contribution >= 4 is 23.4 Å². The largest absolute Gasteiger partial charge is 0.350 e. The molecule has 0 fully saturated rings. The van der Waals surface area contributed by atoms with Gasteiger partial charge >= 0.3 is 0 Å². The lowest BCUT2D eigenvalue weighted by Gasteiger charge is -2.23. The molecule has 4 rings (SSSR count). The molecule has 0 heterocycles.